The minimum absolute atomic E-state index is 0.582. The Morgan fingerprint density at radius 3 is 2.89 bits per heavy atom. The van der Waals surface area contributed by atoms with Crippen molar-refractivity contribution in [2.45, 2.75) is 38.3 Å². The van der Waals surface area contributed by atoms with Gasteiger partial charge in [0, 0.05) is 24.5 Å². The molecule has 98 valence electrons. The van der Waals surface area contributed by atoms with Crippen LogP contribution in [0.1, 0.15) is 36.4 Å². The zero-order valence-electron chi connectivity index (χ0n) is 11.4. The number of hydrogen-bond donors (Lipinski definition) is 1. The van der Waals surface area contributed by atoms with E-state index in [4.69, 9.17) is 0 Å². The molecule has 2 aliphatic rings. The zero-order chi connectivity index (χ0) is 12.5. The highest BCUT2D eigenvalue weighted by atomic mass is 15.2. The van der Waals surface area contributed by atoms with Crippen molar-refractivity contribution in [3.05, 3.63) is 29.6 Å². The molecule has 1 aliphatic heterocycles. The molecule has 3 nitrogen and oxygen atoms in total. The van der Waals surface area contributed by atoms with Gasteiger partial charge in [0.15, 0.2) is 0 Å². The van der Waals surface area contributed by atoms with E-state index < -0.39 is 0 Å². The van der Waals surface area contributed by atoms with E-state index in [1.165, 1.54) is 36.9 Å². The summed E-state index contributed by atoms with van der Waals surface area (Å²) in [7, 11) is 2.06. The first-order valence-electron chi connectivity index (χ1n) is 7.12. The Bertz CT molecular complexity index is 414. The van der Waals surface area contributed by atoms with E-state index in [0.29, 0.717) is 6.04 Å². The predicted octanol–water partition coefficient (Wildman–Crippen LogP) is 2.13. The van der Waals surface area contributed by atoms with Gasteiger partial charge in [-0.3, -0.25) is 9.88 Å². The van der Waals surface area contributed by atoms with Gasteiger partial charge in [-0.1, -0.05) is 0 Å². The number of hydrogen-bond acceptors (Lipinski definition) is 3. The molecule has 2 heterocycles. The Hall–Kier alpha value is -0.930. The molecule has 2 fully saturated rings. The summed E-state index contributed by atoms with van der Waals surface area (Å²) >= 11 is 0. The second-order valence-electron chi connectivity index (χ2n) is 5.75. The van der Waals surface area contributed by atoms with Crippen molar-refractivity contribution in [3.8, 4) is 0 Å². The summed E-state index contributed by atoms with van der Waals surface area (Å²) < 4.78 is 0. The van der Waals surface area contributed by atoms with Crippen molar-refractivity contribution in [2.75, 3.05) is 20.1 Å². The zero-order valence-corrected chi connectivity index (χ0v) is 11.4. The van der Waals surface area contributed by atoms with Gasteiger partial charge in [0.1, 0.15) is 0 Å². The van der Waals surface area contributed by atoms with E-state index in [1.807, 2.05) is 6.20 Å². The molecule has 1 N–H and O–H groups in total. The van der Waals surface area contributed by atoms with Crippen LogP contribution in [-0.4, -0.2) is 36.1 Å². The fourth-order valence-corrected chi connectivity index (χ4v) is 3.39. The number of likely N-dealkylation sites (tertiary alicyclic amines) is 1. The molecule has 18 heavy (non-hydrogen) atoms. The molecule has 1 saturated carbocycles. The third kappa shape index (κ3) is 2.17. The molecule has 1 aliphatic carbocycles. The summed E-state index contributed by atoms with van der Waals surface area (Å²) in [4.78, 5) is 7.08. The highest BCUT2D eigenvalue weighted by molar-refractivity contribution is 5.27. The Morgan fingerprint density at radius 1 is 1.39 bits per heavy atom. The van der Waals surface area contributed by atoms with E-state index >= 15 is 0 Å². The van der Waals surface area contributed by atoms with Gasteiger partial charge < -0.3 is 5.32 Å². The maximum atomic E-state index is 4.35. The van der Waals surface area contributed by atoms with Gasteiger partial charge in [0.25, 0.3) is 0 Å². The van der Waals surface area contributed by atoms with Gasteiger partial charge in [-0.05, 0) is 69.4 Å². The van der Waals surface area contributed by atoms with E-state index in [-0.39, 0.29) is 0 Å². The first-order chi connectivity index (χ1) is 8.81. The van der Waals surface area contributed by atoms with Crippen molar-refractivity contribution in [1.82, 2.24) is 15.2 Å². The summed E-state index contributed by atoms with van der Waals surface area (Å²) in [6.07, 6.45) is 8.09. The van der Waals surface area contributed by atoms with Crippen LogP contribution < -0.4 is 5.32 Å². The minimum atomic E-state index is 0.582. The number of aryl methyl sites for hydroxylation is 1. The molecule has 0 spiro atoms. The average Bonchev–Trinajstić information content (AvgIpc) is 3.13. The average molecular weight is 245 g/mol. The van der Waals surface area contributed by atoms with Crippen molar-refractivity contribution in [1.29, 1.82) is 0 Å². The van der Waals surface area contributed by atoms with Crippen LogP contribution in [0.2, 0.25) is 0 Å². The molecule has 3 rings (SSSR count). The monoisotopic (exact) mass is 245 g/mol. The third-order valence-corrected chi connectivity index (χ3v) is 4.44. The van der Waals surface area contributed by atoms with Gasteiger partial charge >= 0.3 is 0 Å². The number of rotatable bonds is 4. The molecule has 1 aromatic heterocycles. The van der Waals surface area contributed by atoms with Crippen molar-refractivity contribution in [3.63, 3.8) is 0 Å². The SMILES string of the molecule is CNCC1CCN(C2CC2)C1c1cnccc1C. The molecule has 2 atom stereocenters. The first kappa shape index (κ1) is 12.1. The number of aromatic nitrogens is 1. The molecule has 0 bridgehead atoms. The third-order valence-electron chi connectivity index (χ3n) is 4.44. The standard InChI is InChI=1S/C15H23N3/c1-11-5-7-17-10-14(11)15-12(9-16-2)6-8-18(15)13-3-4-13/h5,7,10,12-13,15-16H,3-4,6,8-9H2,1-2H3. The smallest absolute Gasteiger partial charge is 0.0409 e. The van der Waals surface area contributed by atoms with E-state index in [2.05, 4.69) is 41.4 Å². The predicted molar refractivity (Wildman–Crippen MR) is 73.5 cm³/mol. The topological polar surface area (TPSA) is 28.2 Å². The number of nitrogens with one attached hydrogen (secondary N) is 1. The van der Waals surface area contributed by atoms with E-state index in [0.717, 1.165) is 18.5 Å². The van der Waals surface area contributed by atoms with E-state index in [9.17, 15) is 0 Å². The largest absolute Gasteiger partial charge is 0.319 e. The molecular formula is C15H23N3. The van der Waals surface area contributed by atoms with Crippen LogP contribution in [0.5, 0.6) is 0 Å². The van der Waals surface area contributed by atoms with Crippen molar-refractivity contribution < 1.29 is 0 Å². The normalized spacial score (nSPS) is 28.8. The fourth-order valence-electron chi connectivity index (χ4n) is 3.39. The van der Waals surface area contributed by atoms with Crippen molar-refractivity contribution in [2.24, 2.45) is 5.92 Å². The lowest BCUT2D eigenvalue weighted by molar-refractivity contribution is 0.216. The van der Waals surface area contributed by atoms with Gasteiger partial charge in [0.2, 0.25) is 0 Å². The molecule has 0 radical (unpaired) electrons. The second kappa shape index (κ2) is 4.98. The summed E-state index contributed by atoms with van der Waals surface area (Å²) in [5, 5.41) is 3.36. The van der Waals surface area contributed by atoms with Gasteiger partial charge in [-0.15, -0.1) is 0 Å². The fraction of sp³-hybridized carbons (Fsp3) is 0.667. The van der Waals surface area contributed by atoms with Crippen LogP contribution in [-0.2, 0) is 0 Å². The Kier molecular flexibility index (Phi) is 3.35. The van der Waals surface area contributed by atoms with Gasteiger partial charge in [-0.25, -0.2) is 0 Å². The lowest BCUT2D eigenvalue weighted by Gasteiger charge is -2.29. The highest BCUT2D eigenvalue weighted by Gasteiger charge is 2.42. The van der Waals surface area contributed by atoms with Crippen LogP contribution in [0.4, 0.5) is 0 Å². The van der Waals surface area contributed by atoms with Crippen LogP contribution >= 0.6 is 0 Å². The molecule has 0 amide bonds. The maximum Gasteiger partial charge on any atom is 0.0409 e. The molecular weight excluding hydrogens is 222 g/mol. The first-order valence-corrected chi connectivity index (χ1v) is 7.12. The van der Waals surface area contributed by atoms with Crippen molar-refractivity contribution >= 4 is 0 Å². The van der Waals surface area contributed by atoms with Gasteiger partial charge in [-0.2, -0.15) is 0 Å². The highest BCUT2D eigenvalue weighted by Crippen LogP contribution is 2.44. The molecule has 0 aromatic carbocycles. The summed E-state index contributed by atoms with van der Waals surface area (Å²) in [6.45, 7) is 4.59. The Balaban J connectivity index is 1.90. The quantitative estimate of drug-likeness (QED) is 0.881. The number of nitrogens with zero attached hydrogens (tertiary/aromatic N) is 2. The molecule has 1 aromatic rings. The van der Waals surface area contributed by atoms with Crippen LogP contribution in [0.25, 0.3) is 0 Å². The lowest BCUT2D eigenvalue weighted by atomic mass is 9.92. The van der Waals surface area contributed by atoms with Crippen LogP contribution in [0.15, 0.2) is 18.5 Å². The Morgan fingerprint density at radius 2 is 2.22 bits per heavy atom. The summed E-state index contributed by atoms with van der Waals surface area (Å²) in [6, 6.07) is 3.57. The Labute approximate surface area is 110 Å². The van der Waals surface area contributed by atoms with Gasteiger partial charge in [0.05, 0.1) is 0 Å². The van der Waals surface area contributed by atoms with Crippen LogP contribution in [0, 0.1) is 12.8 Å². The molecule has 3 heteroatoms. The lowest BCUT2D eigenvalue weighted by Crippen LogP contribution is -2.31. The molecule has 1 saturated heterocycles. The van der Waals surface area contributed by atoms with Crippen LogP contribution in [0.3, 0.4) is 0 Å². The summed E-state index contributed by atoms with van der Waals surface area (Å²) in [5.74, 6) is 0.735. The van der Waals surface area contributed by atoms with E-state index in [1.54, 1.807) is 0 Å². The summed E-state index contributed by atoms with van der Waals surface area (Å²) in [5.41, 5.74) is 2.84. The molecule has 2 unspecified atom stereocenters. The number of pyridine rings is 1. The second-order valence-corrected chi connectivity index (χ2v) is 5.75. The maximum absolute atomic E-state index is 4.35. The minimum Gasteiger partial charge on any atom is -0.319 e.